The van der Waals surface area contributed by atoms with E-state index in [4.69, 9.17) is 4.74 Å². The van der Waals surface area contributed by atoms with Gasteiger partial charge in [-0.1, -0.05) is 0 Å². The number of fused-ring (bicyclic) bond motifs is 1. The number of piperidine rings is 1. The number of allylic oxidation sites excluding steroid dienone is 1. The number of ketones is 1. The molecule has 3 aliphatic heterocycles. The highest BCUT2D eigenvalue weighted by Gasteiger charge is 2.66. The lowest BCUT2D eigenvalue weighted by Crippen LogP contribution is -2.55. The van der Waals surface area contributed by atoms with Crippen molar-refractivity contribution >= 4 is 28.0 Å². The summed E-state index contributed by atoms with van der Waals surface area (Å²) in [6.07, 6.45) is 8.30. The molecule has 7 rings (SSSR count). The van der Waals surface area contributed by atoms with Crippen molar-refractivity contribution in [2.75, 3.05) is 39.3 Å². The van der Waals surface area contributed by atoms with E-state index < -0.39 is 27.4 Å². The second kappa shape index (κ2) is 14.0. The van der Waals surface area contributed by atoms with Crippen molar-refractivity contribution in [3.63, 3.8) is 0 Å². The summed E-state index contributed by atoms with van der Waals surface area (Å²) in [6.45, 7) is 6.59. The molecule has 53 heavy (non-hydrogen) atoms. The van der Waals surface area contributed by atoms with Gasteiger partial charge in [0.25, 0.3) is 16.1 Å². The smallest absolute Gasteiger partial charge is 0.410 e. The van der Waals surface area contributed by atoms with E-state index in [2.05, 4.69) is 21.4 Å². The van der Waals surface area contributed by atoms with Crippen molar-refractivity contribution in [2.24, 2.45) is 11.8 Å². The molecule has 3 aromatic rings. The Kier molecular flexibility index (Phi) is 9.56. The fourth-order valence-electron chi connectivity index (χ4n) is 7.64. The molecule has 14 nitrogen and oxygen atoms in total. The van der Waals surface area contributed by atoms with Crippen molar-refractivity contribution in [1.82, 2.24) is 33.7 Å². The number of rotatable bonds is 9. The molecule has 2 aromatic heterocycles. The van der Waals surface area contributed by atoms with Gasteiger partial charge in [-0.3, -0.25) is 24.5 Å². The highest BCUT2D eigenvalue weighted by Crippen LogP contribution is 2.53. The SMILES string of the molecule is CC(C)(C)OC(=O)N1CCN(S(=O)(=O)N2C[C@@H]3[C@H](C2)[C@H]3N2C(=O)C(Cc3ccncc3)(Cc3ccncc3)N/C2=C\C(=O)c2ccc(C#N)cc2)CC1. The molecule has 1 aromatic carbocycles. The number of pyridine rings is 2. The minimum atomic E-state index is -3.82. The number of nitrogens with one attached hydrogen (secondary N) is 1. The Morgan fingerprint density at radius 3 is 1.96 bits per heavy atom. The summed E-state index contributed by atoms with van der Waals surface area (Å²) >= 11 is 0. The highest BCUT2D eigenvalue weighted by molar-refractivity contribution is 7.86. The van der Waals surface area contributed by atoms with Crippen LogP contribution < -0.4 is 5.32 Å². The van der Waals surface area contributed by atoms with E-state index in [1.807, 2.05) is 24.3 Å². The highest BCUT2D eigenvalue weighted by atomic mass is 32.2. The minimum Gasteiger partial charge on any atom is -0.444 e. The van der Waals surface area contributed by atoms with Crippen LogP contribution in [0.15, 0.2) is 85.2 Å². The summed E-state index contributed by atoms with van der Waals surface area (Å²) in [5.41, 5.74) is 0.754. The number of aromatic nitrogens is 2. The van der Waals surface area contributed by atoms with Gasteiger partial charge in [-0.05, 0) is 80.4 Å². The van der Waals surface area contributed by atoms with Crippen molar-refractivity contribution in [1.29, 1.82) is 5.26 Å². The Bertz CT molecular complexity index is 2000. The Morgan fingerprint density at radius 2 is 1.45 bits per heavy atom. The zero-order chi connectivity index (χ0) is 37.5. The van der Waals surface area contributed by atoms with E-state index >= 15 is 0 Å². The van der Waals surface area contributed by atoms with Gasteiger partial charge in [0.1, 0.15) is 17.0 Å². The normalized spacial score (nSPS) is 23.7. The van der Waals surface area contributed by atoms with Crippen LogP contribution in [0.5, 0.6) is 0 Å². The Hall–Kier alpha value is -5.17. The van der Waals surface area contributed by atoms with Crippen molar-refractivity contribution in [3.8, 4) is 6.07 Å². The Balaban J connectivity index is 1.13. The standard InChI is InChI=1S/C38H42N8O6S/c1-37(2,3)52-36(49)43-16-18-44(19-17-43)53(50,51)45-24-30-31(25-45)34(30)46-33(20-32(47)29-6-4-28(23-39)5-7-29)42-38(35(46)48,21-26-8-12-40-13-9-26)22-27-10-14-41-15-11-27/h4-15,20,30-31,34,42H,16-19,21-22,24-25H2,1-3H3/b33-20+/t30-,31+,34+. The first-order valence-corrected chi connectivity index (χ1v) is 19.1. The summed E-state index contributed by atoms with van der Waals surface area (Å²) in [7, 11) is -3.82. The molecule has 1 saturated carbocycles. The first kappa shape index (κ1) is 36.2. The number of nitrogens with zero attached hydrogens (tertiary/aromatic N) is 7. The van der Waals surface area contributed by atoms with Crippen molar-refractivity contribution in [2.45, 2.75) is 50.8 Å². The molecule has 0 bridgehead atoms. The third-order valence-corrected chi connectivity index (χ3v) is 12.3. The van der Waals surface area contributed by atoms with E-state index in [-0.39, 0.29) is 68.8 Å². The lowest BCUT2D eigenvalue weighted by molar-refractivity contribution is -0.132. The lowest BCUT2D eigenvalue weighted by atomic mass is 9.85. The molecule has 1 N–H and O–H groups in total. The van der Waals surface area contributed by atoms with Gasteiger partial charge in [0.05, 0.1) is 11.6 Å². The maximum absolute atomic E-state index is 14.9. The second-order valence-electron chi connectivity index (χ2n) is 15.0. The maximum atomic E-state index is 14.9. The molecule has 1 aliphatic carbocycles. The average molecular weight is 739 g/mol. The minimum absolute atomic E-state index is 0.135. The van der Waals surface area contributed by atoms with Crippen LogP contribution in [0.25, 0.3) is 0 Å². The predicted molar refractivity (Wildman–Crippen MR) is 193 cm³/mol. The van der Waals surface area contributed by atoms with Crippen LogP contribution in [0.2, 0.25) is 0 Å². The monoisotopic (exact) mass is 738 g/mol. The van der Waals surface area contributed by atoms with Crippen LogP contribution in [-0.4, -0.2) is 111 Å². The zero-order valence-electron chi connectivity index (χ0n) is 29.9. The first-order chi connectivity index (χ1) is 25.3. The van der Waals surface area contributed by atoms with E-state index in [0.29, 0.717) is 29.8 Å². The molecule has 0 radical (unpaired) electrons. The molecule has 15 heteroatoms. The Labute approximate surface area is 309 Å². The summed E-state index contributed by atoms with van der Waals surface area (Å²) in [4.78, 5) is 52.7. The van der Waals surface area contributed by atoms with Crippen LogP contribution in [0.1, 0.15) is 47.8 Å². The zero-order valence-corrected chi connectivity index (χ0v) is 30.7. The van der Waals surface area contributed by atoms with Crippen LogP contribution >= 0.6 is 0 Å². The van der Waals surface area contributed by atoms with Gasteiger partial charge in [0.15, 0.2) is 5.78 Å². The van der Waals surface area contributed by atoms with Crippen LogP contribution in [0.4, 0.5) is 4.79 Å². The lowest BCUT2D eigenvalue weighted by Gasteiger charge is -2.37. The molecule has 276 valence electrons. The van der Waals surface area contributed by atoms with Crippen LogP contribution in [0, 0.1) is 23.2 Å². The fraction of sp³-hybridized carbons (Fsp3) is 0.421. The van der Waals surface area contributed by atoms with Gasteiger partial charge in [0, 0.05) is 106 Å². The van der Waals surface area contributed by atoms with Crippen molar-refractivity contribution < 1.29 is 27.5 Å². The molecule has 0 unspecified atom stereocenters. The maximum Gasteiger partial charge on any atom is 0.410 e. The van der Waals surface area contributed by atoms with Gasteiger partial charge in [-0.15, -0.1) is 0 Å². The van der Waals surface area contributed by atoms with Crippen LogP contribution in [-0.2, 0) is 32.6 Å². The molecule has 5 heterocycles. The van der Waals surface area contributed by atoms with E-state index in [0.717, 1.165) is 11.1 Å². The molecule has 3 saturated heterocycles. The number of hydrogen-bond donors (Lipinski definition) is 1. The molecule has 4 aliphatic rings. The first-order valence-electron chi connectivity index (χ1n) is 17.7. The fourth-order valence-corrected chi connectivity index (χ4v) is 9.31. The third-order valence-electron chi connectivity index (χ3n) is 10.3. The number of benzene rings is 1. The van der Waals surface area contributed by atoms with Gasteiger partial charge >= 0.3 is 6.09 Å². The average Bonchev–Trinajstić information content (AvgIpc) is 3.46. The number of amides is 2. The Morgan fingerprint density at radius 1 is 0.906 bits per heavy atom. The molecular formula is C38H42N8O6S. The van der Waals surface area contributed by atoms with Crippen LogP contribution in [0.3, 0.4) is 0 Å². The predicted octanol–water partition coefficient (Wildman–Crippen LogP) is 2.76. The molecule has 4 fully saturated rings. The van der Waals surface area contributed by atoms with E-state index in [9.17, 15) is 28.1 Å². The molecule has 0 spiro atoms. The number of carbonyl (C=O) groups excluding carboxylic acids is 3. The summed E-state index contributed by atoms with van der Waals surface area (Å²) in [5.74, 6) is -0.440. The third kappa shape index (κ3) is 7.39. The molecule has 2 amide bonds. The number of nitriles is 1. The second-order valence-corrected chi connectivity index (χ2v) is 17.0. The van der Waals surface area contributed by atoms with Gasteiger partial charge in [-0.25, -0.2) is 4.79 Å². The van der Waals surface area contributed by atoms with E-state index in [1.165, 1.54) is 19.6 Å². The van der Waals surface area contributed by atoms with Gasteiger partial charge < -0.3 is 15.0 Å². The topological polar surface area (TPSA) is 169 Å². The molecular weight excluding hydrogens is 697 g/mol. The van der Waals surface area contributed by atoms with Gasteiger partial charge in [0.2, 0.25) is 0 Å². The summed E-state index contributed by atoms with van der Waals surface area (Å²) < 4.78 is 36.0. The van der Waals surface area contributed by atoms with Gasteiger partial charge in [-0.2, -0.15) is 22.3 Å². The number of carbonyl (C=O) groups is 3. The quantitative estimate of drug-likeness (QED) is 0.255. The van der Waals surface area contributed by atoms with E-state index in [1.54, 1.807) is 74.7 Å². The summed E-state index contributed by atoms with van der Waals surface area (Å²) in [6, 6.07) is 15.5. The van der Waals surface area contributed by atoms with Crippen molar-refractivity contribution in [3.05, 3.63) is 107 Å². The number of ether oxygens (including phenoxy) is 1. The largest absolute Gasteiger partial charge is 0.444 e. The number of hydrogen-bond acceptors (Lipinski definition) is 10. The summed E-state index contributed by atoms with van der Waals surface area (Å²) in [5, 5.41) is 12.7. The number of piperazine rings is 1. The molecule has 3 atom stereocenters.